The van der Waals surface area contributed by atoms with Crippen molar-refractivity contribution in [1.29, 1.82) is 0 Å². The van der Waals surface area contributed by atoms with Crippen molar-refractivity contribution >= 4 is 17.5 Å². The largest absolute Gasteiger partial charge is 0.292 e. The van der Waals surface area contributed by atoms with Crippen molar-refractivity contribution in [3.8, 4) is 0 Å². The summed E-state index contributed by atoms with van der Waals surface area (Å²) in [6.07, 6.45) is 1.06. The van der Waals surface area contributed by atoms with Gasteiger partial charge >= 0.3 is 0 Å². The molecule has 2 atom stereocenters. The number of rotatable bonds is 4. The van der Waals surface area contributed by atoms with Crippen LogP contribution in [0.25, 0.3) is 0 Å². The lowest BCUT2D eigenvalue weighted by Gasteiger charge is -2.35. The molecule has 1 aliphatic heterocycles. The van der Waals surface area contributed by atoms with E-state index in [-0.39, 0.29) is 17.4 Å². The van der Waals surface area contributed by atoms with Crippen LogP contribution in [0.4, 0.5) is 8.78 Å². The molecule has 1 heterocycles. The molecule has 0 N–H and O–H groups in total. The van der Waals surface area contributed by atoms with E-state index in [2.05, 4.69) is 11.8 Å². The first-order chi connectivity index (χ1) is 9.52. The van der Waals surface area contributed by atoms with Crippen molar-refractivity contribution in [2.24, 2.45) is 0 Å². The Morgan fingerprint density at radius 2 is 2.25 bits per heavy atom. The van der Waals surface area contributed by atoms with Crippen LogP contribution in [-0.4, -0.2) is 40.8 Å². The number of Topliss-reactive ketones (excluding diaryl/α,β-unsaturated/α-hetero) is 1. The fourth-order valence-electron chi connectivity index (χ4n) is 2.42. The van der Waals surface area contributed by atoms with Crippen molar-refractivity contribution in [2.45, 2.75) is 31.6 Å². The molecule has 20 heavy (non-hydrogen) atoms. The van der Waals surface area contributed by atoms with Gasteiger partial charge in [-0.15, -0.1) is 0 Å². The number of hydrogen-bond acceptors (Lipinski definition) is 3. The Morgan fingerprint density at radius 3 is 2.90 bits per heavy atom. The highest BCUT2D eigenvalue weighted by molar-refractivity contribution is 8.00. The Hall–Kier alpha value is -0.940. The highest BCUT2D eigenvalue weighted by atomic mass is 32.2. The fraction of sp³-hybridized carbons (Fsp3) is 0.533. The lowest BCUT2D eigenvalue weighted by atomic mass is 10.0. The molecule has 2 rings (SSSR count). The van der Waals surface area contributed by atoms with Crippen LogP contribution in [0, 0.1) is 11.6 Å². The molecule has 1 saturated heterocycles. The Bertz CT molecular complexity index is 495. The molecule has 0 saturated carbocycles. The first-order valence-electron chi connectivity index (χ1n) is 6.87. The first kappa shape index (κ1) is 15.4. The van der Waals surface area contributed by atoms with Crippen LogP contribution >= 0.6 is 11.8 Å². The van der Waals surface area contributed by atoms with Crippen LogP contribution in [-0.2, 0) is 0 Å². The Kier molecular flexibility index (Phi) is 5.16. The molecule has 2 unspecified atom stereocenters. The molecule has 110 valence electrons. The van der Waals surface area contributed by atoms with Gasteiger partial charge in [-0.1, -0.05) is 6.92 Å². The van der Waals surface area contributed by atoms with E-state index in [1.54, 1.807) is 6.92 Å². The van der Waals surface area contributed by atoms with Gasteiger partial charge in [0.15, 0.2) is 5.78 Å². The second kappa shape index (κ2) is 6.68. The minimum Gasteiger partial charge on any atom is -0.292 e. The lowest BCUT2D eigenvalue weighted by Crippen LogP contribution is -2.46. The normalized spacial score (nSPS) is 21.7. The monoisotopic (exact) mass is 299 g/mol. The lowest BCUT2D eigenvalue weighted by molar-refractivity contribution is 0.0838. The van der Waals surface area contributed by atoms with Crippen LogP contribution in [0.1, 0.15) is 30.6 Å². The zero-order valence-corrected chi connectivity index (χ0v) is 12.6. The molecule has 1 fully saturated rings. The van der Waals surface area contributed by atoms with E-state index in [1.165, 1.54) is 6.07 Å². The van der Waals surface area contributed by atoms with Crippen molar-refractivity contribution in [2.75, 3.05) is 18.8 Å². The van der Waals surface area contributed by atoms with Gasteiger partial charge in [-0.25, -0.2) is 8.78 Å². The molecule has 0 aliphatic carbocycles. The number of ketones is 1. The zero-order valence-electron chi connectivity index (χ0n) is 11.7. The summed E-state index contributed by atoms with van der Waals surface area (Å²) in [4.78, 5) is 14.5. The maximum atomic E-state index is 13.7. The third-order valence-electron chi connectivity index (χ3n) is 3.75. The minimum absolute atomic E-state index is 0.0230. The number of carbonyl (C=O) groups excluding carboxylic acids is 1. The van der Waals surface area contributed by atoms with Gasteiger partial charge in [0.25, 0.3) is 0 Å². The second-order valence-electron chi connectivity index (χ2n) is 5.06. The minimum atomic E-state index is -0.778. The first-order valence-corrected chi connectivity index (χ1v) is 7.92. The van der Waals surface area contributed by atoms with Gasteiger partial charge in [0, 0.05) is 30.2 Å². The SMILES string of the molecule is CCC1CN(C(C)C(=O)c2ccc(F)cc2F)CCS1. The number of thioether (sulfide) groups is 1. The van der Waals surface area contributed by atoms with Crippen molar-refractivity contribution in [1.82, 2.24) is 4.90 Å². The predicted molar refractivity (Wildman–Crippen MR) is 78.3 cm³/mol. The van der Waals surface area contributed by atoms with E-state index in [4.69, 9.17) is 0 Å². The average molecular weight is 299 g/mol. The van der Waals surface area contributed by atoms with Crippen LogP contribution in [0.15, 0.2) is 18.2 Å². The molecule has 0 radical (unpaired) electrons. The topological polar surface area (TPSA) is 20.3 Å². The molecule has 0 spiro atoms. The van der Waals surface area contributed by atoms with Crippen molar-refractivity contribution in [3.63, 3.8) is 0 Å². The number of benzene rings is 1. The number of halogens is 2. The van der Waals surface area contributed by atoms with Gasteiger partial charge in [0.2, 0.25) is 0 Å². The maximum Gasteiger partial charge on any atom is 0.182 e. The summed E-state index contributed by atoms with van der Waals surface area (Å²) in [6, 6.07) is 2.76. The van der Waals surface area contributed by atoms with Crippen molar-refractivity contribution < 1.29 is 13.6 Å². The van der Waals surface area contributed by atoms with E-state index >= 15 is 0 Å². The molecule has 0 amide bonds. The number of nitrogens with zero attached hydrogens (tertiary/aromatic N) is 1. The summed E-state index contributed by atoms with van der Waals surface area (Å²) in [7, 11) is 0. The predicted octanol–water partition coefficient (Wildman–Crippen LogP) is 3.36. The van der Waals surface area contributed by atoms with Gasteiger partial charge in [-0.05, 0) is 25.5 Å². The maximum absolute atomic E-state index is 13.7. The highest BCUT2D eigenvalue weighted by Gasteiger charge is 2.28. The molecule has 1 aromatic rings. The fourth-order valence-corrected chi connectivity index (χ4v) is 3.63. The molecular formula is C15H19F2NOS. The summed E-state index contributed by atoms with van der Waals surface area (Å²) >= 11 is 1.92. The summed E-state index contributed by atoms with van der Waals surface area (Å²) in [5.41, 5.74) is -0.0230. The Labute approximate surface area is 122 Å². The second-order valence-corrected chi connectivity index (χ2v) is 6.47. The van der Waals surface area contributed by atoms with E-state index < -0.39 is 11.6 Å². The van der Waals surface area contributed by atoms with Gasteiger partial charge < -0.3 is 0 Å². The quantitative estimate of drug-likeness (QED) is 0.795. The molecule has 1 aliphatic rings. The third kappa shape index (κ3) is 3.38. The van der Waals surface area contributed by atoms with Crippen molar-refractivity contribution in [3.05, 3.63) is 35.4 Å². The summed E-state index contributed by atoms with van der Waals surface area (Å²) in [6.45, 7) is 5.61. The molecular weight excluding hydrogens is 280 g/mol. The van der Waals surface area contributed by atoms with Crippen LogP contribution < -0.4 is 0 Å². The van der Waals surface area contributed by atoms with E-state index in [1.807, 2.05) is 11.8 Å². The summed E-state index contributed by atoms with van der Waals surface area (Å²) < 4.78 is 26.6. The summed E-state index contributed by atoms with van der Waals surface area (Å²) in [5, 5.41) is 0.525. The Morgan fingerprint density at radius 1 is 1.50 bits per heavy atom. The standard InChI is InChI=1S/C15H19F2NOS/c1-3-12-9-18(6-7-20-12)10(2)15(19)13-5-4-11(16)8-14(13)17/h4-5,8,10,12H,3,6-7,9H2,1-2H3. The molecule has 5 heteroatoms. The molecule has 1 aromatic carbocycles. The Balaban J connectivity index is 2.11. The third-order valence-corrected chi connectivity index (χ3v) is 5.12. The van der Waals surface area contributed by atoms with Gasteiger partial charge in [-0.2, -0.15) is 11.8 Å². The number of carbonyl (C=O) groups is 1. The van der Waals surface area contributed by atoms with Gasteiger partial charge in [0.1, 0.15) is 11.6 Å². The van der Waals surface area contributed by atoms with E-state index in [9.17, 15) is 13.6 Å². The van der Waals surface area contributed by atoms with E-state index in [0.29, 0.717) is 5.25 Å². The van der Waals surface area contributed by atoms with Crippen LogP contribution in [0.3, 0.4) is 0 Å². The zero-order chi connectivity index (χ0) is 14.7. The van der Waals surface area contributed by atoms with Crippen LogP contribution in [0.2, 0.25) is 0 Å². The van der Waals surface area contributed by atoms with Crippen LogP contribution in [0.5, 0.6) is 0 Å². The number of hydrogen-bond donors (Lipinski definition) is 0. The molecule has 2 nitrogen and oxygen atoms in total. The van der Waals surface area contributed by atoms with Gasteiger partial charge in [0.05, 0.1) is 11.6 Å². The highest BCUT2D eigenvalue weighted by Crippen LogP contribution is 2.24. The summed E-state index contributed by atoms with van der Waals surface area (Å²) in [5.74, 6) is -0.723. The molecule has 0 bridgehead atoms. The smallest absolute Gasteiger partial charge is 0.182 e. The molecule has 0 aromatic heterocycles. The van der Waals surface area contributed by atoms with E-state index in [0.717, 1.165) is 37.4 Å². The average Bonchev–Trinajstić information content (AvgIpc) is 2.46. The van der Waals surface area contributed by atoms with Gasteiger partial charge in [-0.3, -0.25) is 9.69 Å².